The van der Waals surface area contributed by atoms with Crippen LogP contribution >= 0.6 is 15.6 Å². The van der Waals surface area contributed by atoms with Gasteiger partial charge >= 0.3 is 39.5 Å². The number of rotatable bonds is 79. The molecular weight excluding hydrogens is 1450 g/mol. The first-order valence-corrected chi connectivity index (χ1v) is 46.0. The highest BCUT2D eigenvalue weighted by Gasteiger charge is 2.30. The van der Waals surface area contributed by atoms with Gasteiger partial charge in [0.2, 0.25) is 0 Å². The highest BCUT2D eigenvalue weighted by molar-refractivity contribution is 7.47. The van der Waals surface area contributed by atoms with Gasteiger partial charge in [-0.25, -0.2) is 9.13 Å². The van der Waals surface area contributed by atoms with E-state index in [9.17, 15) is 43.2 Å². The van der Waals surface area contributed by atoms with Crippen molar-refractivity contribution in [3.63, 3.8) is 0 Å². The molecule has 112 heavy (non-hydrogen) atoms. The van der Waals surface area contributed by atoms with E-state index < -0.39 is 97.5 Å². The van der Waals surface area contributed by atoms with Crippen molar-refractivity contribution in [1.82, 2.24) is 0 Å². The van der Waals surface area contributed by atoms with Crippen molar-refractivity contribution in [2.45, 2.75) is 341 Å². The number of aliphatic hydroxyl groups is 1. The molecule has 19 heteroatoms. The van der Waals surface area contributed by atoms with Crippen molar-refractivity contribution in [1.29, 1.82) is 0 Å². The minimum absolute atomic E-state index is 0.0261. The maximum atomic E-state index is 13.1. The van der Waals surface area contributed by atoms with Crippen LogP contribution in [0.4, 0.5) is 0 Å². The van der Waals surface area contributed by atoms with Gasteiger partial charge in [0.15, 0.2) is 12.2 Å². The second-order valence-corrected chi connectivity index (χ2v) is 30.9. The molecule has 0 saturated carbocycles. The van der Waals surface area contributed by atoms with Crippen molar-refractivity contribution in [3.8, 4) is 0 Å². The van der Waals surface area contributed by atoms with Gasteiger partial charge in [-0.3, -0.25) is 37.3 Å². The van der Waals surface area contributed by atoms with E-state index in [0.29, 0.717) is 32.1 Å². The fourth-order valence-corrected chi connectivity index (χ4v) is 12.5. The topological polar surface area (TPSA) is 237 Å². The van der Waals surface area contributed by atoms with Crippen LogP contribution in [-0.4, -0.2) is 96.7 Å². The van der Waals surface area contributed by atoms with Gasteiger partial charge in [0.05, 0.1) is 26.4 Å². The Kier molecular flexibility index (Phi) is 78.8. The number of hydrogen-bond donors (Lipinski definition) is 3. The van der Waals surface area contributed by atoms with E-state index >= 15 is 0 Å². The largest absolute Gasteiger partial charge is 0.472 e. The highest BCUT2D eigenvalue weighted by atomic mass is 31.2. The third-order valence-corrected chi connectivity index (χ3v) is 19.3. The van der Waals surface area contributed by atoms with Crippen LogP contribution in [0.15, 0.2) is 182 Å². The summed E-state index contributed by atoms with van der Waals surface area (Å²) in [4.78, 5) is 73.3. The molecule has 636 valence electrons. The van der Waals surface area contributed by atoms with Gasteiger partial charge in [0.25, 0.3) is 0 Å². The van der Waals surface area contributed by atoms with E-state index in [-0.39, 0.29) is 25.7 Å². The van der Waals surface area contributed by atoms with Crippen LogP contribution in [0.25, 0.3) is 0 Å². The molecule has 0 amide bonds. The summed E-state index contributed by atoms with van der Waals surface area (Å²) >= 11 is 0. The van der Waals surface area contributed by atoms with Gasteiger partial charge in [-0.05, 0) is 167 Å². The van der Waals surface area contributed by atoms with E-state index in [1.54, 1.807) is 0 Å². The standard InChI is InChI=1S/C93H152O17P2/c1-5-9-13-17-21-25-29-33-37-40-43-46-50-53-57-61-65-69-73-77-90(95)103-83-88(109-92(97)79-75-71-67-63-59-55-49-36-32-28-24-20-16-12-8-4)85-107-111(99,100)105-81-87(94)82-106-112(101,102)108-86-89(110-93(98)80-76-72-68-64-60-56-52-48-45-42-39-35-31-27-23-19-15-11-7-3)84-104-91(96)78-74-70-66-62-58-54-51-47-44-41-38-34-30-26-22-18-14-10-6-2/h9-11,13-15,21-23,25-27,33-39,43-49,54,58,66,70,87-89,94H,5-8,12,16-20,24,28-32,40-42,50-53,55-57,59-65,67-69,71-86H2,1-4H3,(H,99,100)(H,101,102)/b13-9-,14-10-,15-11-,25-21-,26-22-,27-23-,37-33-,38-34-,39-35-,46-43-,47-44-,48-45-,49-36-,58-54-,70-66-. The Hall–Kier alpha value is -5.84. The molecule has 0 bridgehead atoms. The van der Waals surface area contributed by atoms with Crippen LogP contribution in [0.5, 0.6) is 0 Å². The molecule has 0 aliphatic carbocycles. The van der Waals surface area contributed by atoms with Crippen molar-refractivity contribution in [3.05, 3.63) is 182 Å². The quantitative estimate of drug-likeness (QED) is 0.0169. The minimum atomic E-state index is -5.01. The lowest BCUT2D eigenvalue weighted by atomic mass is 10.1. The number of allylic oxidation sites excluding steroid dienone is 30. The number of esters is 4. The lowest BCUT2D eigenvalue weighted by Crippen LogP contribution is -2.30. The van der Waals surface area contributed by atoms with Crippen molar-refractivity contribution >= 4 is 39.5 Å². The first-order valence-electron chi connectivity index (χ1n) is 43.0. The summed E-state index contributed by atoms with van der Waals surface area (Å²) in [7, 11) is -10.0. The molecule has 0 fully saturated rings. The van der Waals surface area contributed by atoms with Gasteiger partial charge in [0, 0.05) is 25.7 Å². The number of aliphatic hydroxyl groups excluding tert-OH is 1. The van der Waals surface area contributed by atoms with E-state index in [4.69, 9.17) is 37.0 Å². The molecular formula is C93H152O17P2. The number of phosphoric acid groups is 2. The number of unbranched alkanes of at least 4 members (excludes halogenated alkanes) is 23. The van der Waals surface area contributed by atoms with Gasteiger partial charge < -0.3 is 33.8 Å². The van der Waals surface area contributed by atoms with Crippen LogP contribution < -0.4 is 0 Å². The zero-order valence-corrected chi connectivity index (χ0v) is 71.6. The van der Waals surface area contributed by atoms with Gasteiger partial charge in [-0.15, -0.1) is 0 Å². The van der Waals surface area contributed by atoms with Crippen LogP contribution in [-0.2, 0) is 65.4 Å². The number of hydrogen-bond acceptors (Lipinski definition) is 15. The predicted octanol–water partition coefficient (Wildman–Crippen LogP) is 25.9. The van der Waals surface area contributed by atoms with E-state index in [1.807, 2.05) is 18.2 Å². The number of ether oxygens (including phenoxy) is 4. The Labute approximate surface area is 679 Å². The van der Waals surface area contributed by atoms with Crippen LogP contribution in [0, 0.1) is 0 Å². The van der Waals surface area contributed by atoms with Crippen molar-refractivity contribution in [2.24, 2.45) is 0 Å². The molecule has 0 heterocycles. The van der Waals surface area contributed by atoms with Crippen LogP contribution in [0.2, 0.25) is 0 Å². The summed E-state index contributed by atoms with van der Waals surface area (Å²) in [5, 5.41) is 10.7. The lowest BCUT2D eigenvalue weighted by Gasteiger charge is -2.21. The molecule has 0 aromatic rings. The Morgan fingerprint density at radius 3 is 0.777 bits per heavy atom. The summed E-state index contributed by atoms with van der Waals surface area (Å²) in [6.07, 6.45) is 101. The third-order valence-electron chi connectivity index (χ3n) is 17.4. The monoisotopic (exact) mass is 1600 g/mol. The third kappa shape index (κ3) is 82.2. The second-order valence-electron chi connectivity index (χ2n) is 28.0. The van der Waals surface area contributed by atoms with Crippen LogP contribution in [0.3, 0.4) is 0 Å². The summed E-state index contributed by atoms with van der Waals surface area (Å²) in [6, 6.07) is 0. The molecule has 17 nitrogen and oxygen atoms in total. The average molecular weight is 1600 g/mol. The number of phosphoric ester groups is 2. The molecule has 0 radical (unpaired) electrons. The summed E-state index contributed by atoms with van der Waals surface area (Å²) in [5.74, 6) is -2.32. The molecule has 0 aliphatic rings. The Balaban J connectivity index is 5.49. The first-order chi connectivity index (χ1) is 54.7. The minimum Gasteiger partial charge on any atom is -0.462 e. The number of carbonyl (C=O) groups is 4. The van der Waals surface area contributed by atoms with Crippen molar-refractivity contribution in [2.75, 3.05) is 39.6 Å². The summed E-state index contributed by atoms with van der Waals surface area (Å²) in [6.45, 7) is 4.42. The molecule has 0 aromatic carbocycles. The molecule has 5 atom stereocenters. The fourth-order valence-electron chi connectivity index (χ4n) is 10.9. The molecule has 0 aromatic heterocycles. The second kappa shape index (κ2) is 83.1. The maximum absolute atomic E-state index is 13.1. The average Bonchev–Trinajstić information content (AvgIpc) is 0.898. The predicted molar refractivity (Wildman–Crippen MR) is 463 cm³/mol. The zero-order valence-electron chi connectivity index (χ0n) is 69.8. The van der Waals surface area contributed by atoms with Crippen molar-refractivity contribution < 1.29 is 80.2 Å². The highest BCUT2D eigenvalue weighted by Crippen LogP contribution is 2.45. The Bertz CT molecular complexity index is 2840. The Morgan fingerprint density at radius 1 is 0.259 bits per heavy atom. The number of carbonyl (C=O) groups excluding carboxylic acids is 4. The van der Waals surface area contributed by atoms with E-state index in [1.165, 1.54) is 38.5 Å². The van der Waals surface area contributed by atoms with E-state index in [0.717, 1.165) is 199 Å². The molecule has 3 N–H and O–H groups in total. The molecule has 0 spiro atoms. The zero-order chi connectivity index (χ0) is 81.7. The van der Waals surface area contributed by atoms with Gasteiger partial charge in [0.1, 0.15) is 19.3 Å². The first kappa shape index (κ1) is 106. The molecule has 0 rings (SSSR count). The fraction of sp³-hybridized carbons (Fsp3) is 0.634. The smallest absolute Gasteiger partial charge is 0.462 e. The molecule has 0 saturated heterocycles. The van der Waals surface area contributed by atoms with Gasteiger partial charge in [-0.1, -0.05) is 313 Å². The maximum Gasteiger partial charge on any atom is 0.472 e. The van der Waals surface area contributed by atoms with Gasteiger partial charge in [-0.2, -0.15) is 0 Å². The lowest BCUT2D eigenvalue weighted by molar-refractivity contribution is -0.161. The molecule has 5 unspecified atom stereocenters. The molecule has 0 aliphatic heterocycles. The Morgan fingerprint density at radius 2 is 0.482 bits per heavy atom. The summed E-state index contributed by atoms with van der Waals surface area (Å²) in [5.41, 5.74) is 0. The summed E-state index contributed by atoms with van der Waals surface area (Å²) < 4.78 is 68.8. The van der Waals surface area contributed by atoms with E-state index in [2.05, 4.69) is 192 Å². The normalized spacial score (nSPS) is 14.7. The SMILES string of the molecule is CC/C=C\C/C=C\C/C=C\C/C=C\C/C=C\C/C=C\CCC(=O)OCC(COP(=O)(O)OCC(O)COP(=O)(O)OCC(COC(=O)CCCCCCCC/C=C\C/C=C\C/C=C\C/C=C\CC)OC(=O)CCCCCCC/C=C\CCCCCCCC)OC(=O)CCCCCCCC/C=C\C/C=C\C/C=C\C/C=C\CC. The van der Waals surface area contributed by atoms with Crippen LogP contribution in [0.1, 0.15) is 323 Å².